The Labute approximate surface area is 446 Å². The van der Waals surface area contributed by atoms with E-state index in [0.717, 1.165) is 35.6 Å². The van der Waals surface area contributed by atoms with Gasteiger partial charge in [-0.2, -0.15) is 0 Å². The number of rotatable bonds is 17. The van der Waals surface area contributed by atoms with Gasteiger partial charge in [0.2, 0.25) is 41.4 Å². The van der Waals surface area contributed by atoms with E-state index in [1.165, 1.54) is 21.9 Å². The molecule has 7 rings (SSSR count). The van der Waals surface area contributed by atoms with Crippen molar-refractivity contribution in [2.75, 3.05) is 27.2 Å². The van der Waals surface area contributed by atoms with E-state index in [1.807, 2.05) is 51.1 Å². The van der Waals surface area contributed by atoms with Crippen LogP contribution >= 0.6 is 0 Å². The number of carbonyl (C=O) groups is 7. The van der Waals surface area contributed by atoms with Gasteiger partial charge in [0.25, 0.3) is 0 Å². The minimum absolute atomic E-state index is 0.000651. The van der Waals surface area contributed by atoms with Gasteiger partial charge in [0.05, 0.1) is 29.6 Å². The highest BCUT2D eigenvalue weighted by Gasteiger charge is 2.54. The van der Waals surface area contributed by atoms with Gasteiger partial charge in [-0.1, -0.05) is 109 Å². The predicted molar refractivity (Wildman–Crippen MR) is 285 cm³/mol. The Morgan fingerprint density at radius 3 is 1.87 bits per heavy atom. The van der Waals surface area contributed by atoms with Gasteiger partial charge in [-0.15, -0.1) is 0 Å². The number of carbonyl (C=O) groups excluding carboxylic acids is 7. The molecule has 3 aromatic rings. The summed E-state index contributed by atoms with van der Waals surface area (Å²) in [4.78, 5) is 104. The van der Waals surface area contributed by atoms with Crippen LogP contribution in [0.2, 0.25) is 0 Å². The molecule has 10 atom stereocenters. The number of amides is 7. The summed E-state index contributed by atoms with van der Waals surface area (Å²) in [6.45, 7) is 15.8. The van der Waals surface area contributed by atoms with Crippen molar-refractivity contribution >= 4 is 41.4 Å². The second-order valence-electron chi connectivity index (χ2n) is 23.7. The zero-order chi connectivity index (χ0) is 55.6. The van der Waals surface area contributed by atoms with Gasteiger partial charge in [0, 0.05) is 31.5 Å². The minimum Gasteiger partial charge on any atom is -0.353 e. The summed E-state index contributed by atoms with van der Waals surface area (Å²) >= 11 is 0. The maximum Gasteiger partial charge on any atom is 0.246 e. The molecule has 2 aliphatic carbocycles. The average Bonchev–Trinajstić information content (AvgIpc) is 4.09. The summed E-state index contributed by atoms with van der Waals surface area (Å²) in [5.74, 6) is -6.23. The third-order valence-electron chi connectivity index (χ3n) is 16.2. The molecule has 3 aromatic carbocycles. The van der Waals surface area contributed by atoms with E-state index in [1.54, 1.807) is 67.8 Å². The van der Waals surface area contributed by atoms with Crippen molar-refractivity contribution in [1.82, 2.24) is 47.0 Å². The molecule has 76 heavy (non-hydrogen) atoms. The molecule has 7 amide bonds. The van der Waals surface area contributed by atoms with E-state index in [-0.39, 0.29) is 55.3 Å². The van der Waals surface area contributed by atoms with E-state index >= 15 is 14.0 Å². The van der Waals surface area contributed by atoms with Gasteiger partial charge in [-0.05, 0) is 111 Å². The zero-order valence-corrected chi connectivity index (χ0v) is 46.0. The summed E-state index contributed by atoms with van der Waals surface area (Å²) in [6.07, 6.45) is 3.45. The maximum atomic E-state index is 15.8. The van der Waals surface area contributed by atoms with Crippen molar-refractivity contribution in [3.63, 3.8) is 0 Å². The Bertz CT molecular complexity index is 2680. The first kappa shape index (κ1) is 57.4. The van der Waals surface area contributed by atoms with E-state index < -0.39 is 106 Å². The Kier molecular flexibility index (Phi) is 17.5. The van der Waals surface area contributed by atoms with Gasteiger partial charge in [0.1, 0.15) is 24.2 Å². The fraction of sp³-hybridized carbons (Fsp3) is 0.569. The van der Waals surface area contributed by atoms with Gasteiger partial charge >= 0.3 is 0 Å². The Hall–Kier alpha value is -6.27. The molecule has 2 fully saturated rings. The van der Waals surface area contributed by atoms with Crippen LogP contribution in [0, 0.1) is 27.9 Å². The second-order valence-corrected chi connectivity index (χ2v) is 23.7. The smallest absolute Gasteiger partial charge is 0.246 e. The van der Waals surface area contributed by atoms with Crippen LogP contribution in [0.25, 0.3) is 0 Å². The summed E-state index contributed by atoms with van der Waals surface area (Å²) < 4.78 is 30.8. The van der Waals surface area contributed by atoms with Crippen molar-refractivity contribution in [3.8, 4) is 0 Å². The lowest BCUT2D eigenvalue weighted by molar-refractivity contribution is -0.150. The number of nitrogens with one attached hydrogen (secondary N) is 7. The van der Waals surface area contributed by atoms with Crippen molar-refractivity contribution in [1.29, 1.82) is 0 Å². The molecular formula is C58H79F2N9O7. The first-order valence-electron chi connectivity index (χ1n) is 26.9. The number of halogens is 2. The molecule has 0 bridgehead atoms. The van der Waals surface area contributed by atoms with Crippen molar-refractivity contribution in [2.45, 2.75) is 168 Å². The Morgan fingerprint density at radius 1 is 0.697 bits per heavy atom. The largest absolute Gasteiger partial charge is 0.353 e. The highest BCUT2D eigenvalue weighted by atomic mass is 19.2. The molecule has 4 aliphatic rings. The Morgan fingerprint density at radius 2 is 1.28 bits per heavy atom. The molecule has 0 radical (unpaired) electrons. The van der Waals surface area contributed by atoms with E-state index in [2.05, 4.69) is 43.3 Å². The predicted octanol–water partition coefficient (Wildman–Crippen LogP) is 5.02. The lowest BCUT2D eigenvalue weighted by Gasteiger charge is -2.48. The maximum absolute atomic E-state index is 15.8. The van der Waals surface area contributed by atoms with Gasteiger partial charge in [-0.3, -0.25) is 33.6 Å². The van der Waals surface area contributed by atoms with Crippen LogP contribution in [0.4, 0.5) is 8.78 Å². The average molecular weight is 1050 g/mol. The van der Waals surface area contributed by atoms with Crippen LogP contribution in [-0.2, 0) is 46.4 Å². The molecule has 412 valence electrons. The highest BCUT2D eigenvalue weighted by molar-refractivity contribution is 5.96. The quantitative estimate of drug-likeness (QED) is 0.0968. The number of aryl methyl sites for hydroxylation is 1. The van der Waals surface area contributed by atoms with E-state index in [0.29, 0.717) is 24.8 Å². The first-order chi connectivity index (χ1) is 35.8. The topological polar surface area (TPSA) is 210 Å². The van der Waals surface area contributed by atoms with Gasteiger partial charge in [-0.25, -0.2) is 8.78 Å². The van der Waals surface area contributed by atoms with E-state index in [4.69, 9.17) is 0 Å². The summed E-state index contributed by atoms with van der Waals surface area (Å²) in [6, 6.07) is 11.5. The third-order valence-corrected chi connectivity index (χ3v) is 16.2. The van der Waals surface area contributed by atoms with Crippen LogP contribution in [0.15, 0.2) is 66.7 Å². The summed E-state index contributed by atoms with van der Waals surface area (Å²) in [5.41, 5.74) is 0.820. The molecule has 7 N–H and O–H groups in total. The fourth-order valence-corrected chi connectivity index (χ4v) is 11.1. The van der Waals surface area contributed by atoms with Crippen molar-refractivity contribution in [3.05, 3.63) is 106 Å². The molecule has 16 nitrogen and oxygen atoms in total. The lowest BCUT2D eigenvalue weighted by Crippen LogP contribution is -2.63. The first-order valence-corrected chi connectivity index (χ1v) is 26.9. The molecule has 2 heterocycles. The number of benzene rings is 3. The fourth-order valence-electron chi connectivity index (χ4n) is 11.1. The number of hydrogen-bond acceptors (Lipinski definition) is 9. The summed E-state index contributed by atoms with van der Waals surface area (Å²) in [5, 5.41) is 21.0. The SMILES string of the molecule is CN[C@@H](C)C(=O)N[C@H](C(=O)N1C(C(=O)NCC2(C(=O)N[C@H]3C[C@@H](C(=O)N[C@@H]4CCCc5ccccc54)N(C(=O)[C@@H](NC(=O)[C@H](C)NC)C(C)(C)C)C3)CC2)Cc2ccccc2C1[C@H](C)c1cccc(F)c1F)C(C)(C)C. The Balaban J connectivity index is 1.16. The highest BCUT2D eigenvalue weighted by Crippen LogP contribution is 2.47. The molecule has 1 saturated heterocycles. The zero-order valence-electron chi connectivity index (χ0n) is 46.0. The third kappa shape index (κ3) is 12.3. The normalized spacial score (nSPS) is 22.8. The minimum atomic E-state index is -1.22. The number of fused-ring (bicyclic) bond motifs is 2. The molecule has 18 heteroatoms. The van der Waals surface area contributed by atoms with Crippen molar-refractivity contribution < 1.29 is 42.3 Å². The molecule has 0 spiro atoms. The number of likely N-dealkylation sites (tertiary alicyclic amines) is 1. The van der Waals surface area contributed by atoms with Crippen LogP contribution in [0.5, 0.6) is 0 Å². The number of nitrogens with zero attached hydrogens (tertiary/aromatic N) is 2. The van der Waals surface area contributed by atoms with Gasteiger partial charge in [0.15, 0.2) is 11.6 Å². The van der Waals surface area contributed by atoms with Crippen LogP contribution < -0.4 is 37.2 Å². The van der Waals surface area contributed by atoms with Crippen LogP contribution in [0.1, 0.15) is 140 Å². The molecule has 0 aromatic heterocycles. The molecule has 1 saturated carbocycles. The van der Waals surface area contributed by atoms with E-state index in [9.17, 15) is 28.4 Å². The van der Waals surface area contributed by atoms with Crippen LogP contribution in [0.3, 0.4) is 0 Å². The van der Waals surface area contributed by atoms with Crippen molar-refractivity contribution in [2.24, 2.45) is 16.2 Å². The molecular weight excluding hydrogens is 973 g/mol. The lowest BCUT2D eigenvalue weighted by atomic mass is 9.77. The number of hydrogen-bond donors (Lipinski definition) is 7. The van der Waals surface area contributed by atoms with Crippen LogP contribution in [-0.4, -0.2) is 121 Å². The van der Waals surface area contributed by atoms with Gasteiger partial charge < -0.3 is 47.0 Å². The summed E-state index contributed by atoms with van der Waals surface area (Å²) in [7, 11) is 3.27. The monoisotopic (exact) mass is 1050 g/mol. The number of likely N-dealkylation sites (N-methyl/N-ethyl adjacent to an activating group) is 2. The second kappa shape index (κ2) is 23.1. The molecule has 2 unspecified atom stereocenters. The molecule has 2 aliphatic heterocycles. The standard InChI is InChI=1S/C58H79F2N9O7/c1-32(38-23-17-24-41(59)45(38)60)46-40-22-15-13-19-36(40)28-44(69(46)54(75)48(57(7,8)9)67-50(71)34(3)62-11)51(72)63-31-58(26-27-58)55(76)64-37-29-43(52(73)65-42-25-16-20-35-18-12-14-21-39(35)42)68(30-37)53(74)47(56(4,5)6)66-49(70)33(2)61-10/h12-15,17-19,21-24,32-34,37,42-44,46-48,61-62H,16,20,25-31H2,1-11H3,(H,63,72)(H,64,76)(H,65,73)(H,66,70)(H,67,71)/t32-,33+,34+,37+,42-,43+,44?,46?,47-,48-/m1/s1.